The Morgan fingerprint density at radius 2 is 1.84 bits per heavy atom. The van der Waals surface area contributed by atoms with Gasteiger partial charge in [0.2, 0.25) is 0 Å². The van der Waals surface area contributed by atoms with Gasteiger partial charge in [0, 0.05) is 37.8 Å². The number of hydrogen-bond donors (Lipinski definition) is 0. The number of carbonyl (C=O) groups is 1. The maximum absolute atomic E-state index is 14.7. The van der Waals surface area contributed by atoms with E-state index in [-0.39, 0.29) is 23.1 Å². The van der Waals surface area contributed by atoms with Gasteiger partial charge in [-0.05, 0) is 64.1 Å². The molecule has 0 amide bonds. The number of methoxy groups -OCH3 is 1. The van der Waals surface area contributed by atoms with Crippen LogP contribution < -0.4 is 19.6 Å². The summed E-state index contributed by atoms with van der Waals surface area (Å²) in [5, 5.41) is 0.944. The first-order chi connectivity index (χ1) is 21.6. The predicted octanol–water partition coefficient (Wildman–Crippen LogP) is 6.41. The lowest BCUT2D eigenvalue weighted by atomic mass is 9.95. The van der Waals surface area contributed by atoms with Crippen molar-refractivity contribution < 1.29 is 18.7 Å². The van der Waals surface area contributed by atoms with Crippen LogP contribution in [0.25, 0.3) is 17.0 Å². The Balaban J connectivity index is 1.58. The van der Waals surface area contributed by atoms with Crippen molar-refractivity contribution in [1.29, 1.82) is 0 Å². The molecule has 0 saturated carbocycles. The summed E-state index contributed by atoms with van der Waals surface area (Å²) in [7, 11) is 1.55. The Labute approximate surface area is 271 Å². The fraction of sp³-hybridized carbons (Fsp3) is 0.229. The summed E-state index contributed by atoms with van der Waals surface area (Å²) < 4.78 is 30.9. The molecule has 1 aliphatic rings. The highest BCUT2D eigenvalue weighted by molar-refractivity contribution is 9.10. The molecular formula is C35H31BrFN3O4S. The van der Waals surface area contributed by atoms with E-state index in [1.165, 1.54) is 17.4 Å². The van der Waals surface area contributed by atoms with Gasteiger partial charge < -0.3 is 14.0 Å². The van der Waals surface area contributed by atoms with Crippen LogP contribution in [0.4, 0.5) is 4.39 Å². The number of allylic oxidation sites excluding steroid dienone is 1. The monoisotopic (exact) mass is 687 g/mol. The number of nitrogens with zero attached hydrogens (tertiary/aromatic N) is 3. The van der Waals surface area contributed by atoms with E-state index in [1.54, 1.807) is 50.6 Å². The van der Waals surface area contributed by atoms with E-state index in [9.17, 15) is 14.0 Å². The molecule has 1 atom stereocenters. The van der Waals surface area contributed by atoms with E-state index in [0.717, 1.165) is 26.6 Å². The van der Waals surface area contributed by atoms with Gasteiger partial charge in [0.15, 0.2) is 4.80 Å². The van der Waals surface area contributed by atoms with Crippen molar-refractivity contribution in [3.05, 3.63) is 130 Å². The van der Waals surface area contributed by atoms with E-state index in [2.05, 4.69) is 20.5 Å². The molecule has 3 heterocycles. The molecule has 7 nitrogen and oxygen atoms in total. The molecule has 0 saturated heterocycles. The third kappa shape index (κ3) is 5.57. The number of rotatable bonds is 7. The quantitative estimate of drug-likeness (QED) is 0.186. The first-order valence-electron chi connectivity index (χ1n) is 14.5. The highest BCUT2D eigenvalue weighted by atomic mass is 79.9. The fourth-order valence-corrected chi connectivity index (χ4v) is 7.25. The smallest absolute Gasteiger partial charge is 0.338 e. The fourth-order valence-electron chi connectivity index (χ4n) is 5.85. The highest BCUT2D eigenvalue weighted by Gasteiger charge is 2.35. The lowest BCUT2D eigenvalue weighted by molar-refractivity contribution is -0.143. The Hall–Kier alpha value is -4.28. The third-order valence-corrected chi connectivity index (χ3v) is 9.39. The summed E-state index contributed by atoms with van der Waals surface area (Å²) in [5.41, 5.74) is 4.34. The van der Waals surface area contributed by atoms with Crippen molar-refractivity contribution in [3.8, 4) is 5.75 Å². The van der Waals surface area contributed by atoms with Crippen LogP contribution in [0.2, 0.25) is 0 Å². The number of ether oxygens (including phenoxy) is 2. The van der Waals surface area contributed by atoms with Crippen LogP contribution in [0.5, 0.6) is 5.75 Å². The number of carbonyl (C=O) groups excluding carboxylic acids is 1. The molecule has 0 unspecified atom stereocenters. The number of esters is 1. The molecule has 0 fully saturated rings. The molecule has 6 rings (SSSR count). The van der Waals surface area contributed by atoms with E-state index < -0.39 is 12.0 Å². The Kier molecular flexibility index (Phi) is 8.37. The zero-order valence-electron chi connectivity index (χ0n) is 25.4. The van der Waals surface area contributed by atoms with Crippen molar-refractivity contribution in [2.24, 2.45) is 4.99 Å². The van der Waals surface area contributed by atoms with Crippen LogP contribution in [0.15, 0.2) is 92.3 Å². The van der Waals surface area contributed by atoms with Gasteiger partial charge in [0.1, 0.15) is 17.6 Å². The molecule has 3 aromatic carbocycles. The number of hydrogen-bond acceptors (Lipinski definition) is 6. The second kappa shape index (κ2) is 12.3. The van der Waals surface area contributed by atoms with Crippen LogP contribution in [0.3, 0.4) is 0 Å². The zero-order valence-corrected chi connectivity index (χ0v) is 27.8. The molecule has 5 aromatic rings. The number of halogens is 2. The Bertz CT molecular complexity index is 2190. The van der Waals surface area contributed by atoms with Crippen LogP contribution >= 0.6 is 27.3 Å². The first-order valence-corrected chi connectivity index (χ1v) is 16.1. The first kappa shape index (κ1) is 30.7. The Morgan fingerprint density at radius 3 is 2.58 bits per heavy atom. The molecule has 230 valence electrons. The summed E-state index contributed by atoms with van der Waals surface area (Å²) in [4.78, 5) is 33.1. The predicted molar refractivity (Wildman–Crippen MR) is 178 cm³/mol. The maximum Gasteiger partial charge on any atom is 0.338 e. The number of para-hydroxylation sites is 1. The Morgan fingerprint density at radius 1 is 1.11 bits per heavy atom. The molecular weight excluding hydrogens is 657 g/mol. The standard InChI is InChI=1S/C35H31BrFN3O4S/c1-19(2)44-34(42)31-20(3)38-35-40(32(31)26-16-23(36)14-15-29(26)43-5)33(41)30(45-35)17-25-21(4)39(28-13-9-7-11-24(25)28)18-22-10-6-8-12-27(22)37/h6-17,19,32H,18H2,1-5H3/b30-17-/t32-/m1/s1. The van der Waals surface area contributed by atoms with E-state index in [1.807, 2.05) is 55.5 Å². The van der Waals surface area contributed by atoms with Crippen LogP contribution in [0.1, 0.15) is 49.2 Å². The van der Waals surface area contributed by atoms with Crippen molar-refractivity contribution in [1.82, 2.24) is 9.13 Å². The molecule has 0 bridgehead atoms. The zero-order chi connectivity index (χ0) is 32.0. The van der Waals surface area contributed by atoms with Gasteiger partial charge in [-0.3, -0.25) is 9.36 Å². The molecule has 0 radical (unpaired) electrons. The summed E-state index contributed by atoms with van der Waals surface area (Å²) >= 11 is 4.80. The number of benzene rings is 3. The van der Waals surface area contributed by atoms with E-state index in [4.69, 9.17) is 14.5 Å². The molecule has 1 aliphatic heterocycles. The molecule has 0 N–H and O–H groups in total. The lowest BCUT2D eigenvalue weighted by Crippen LogP contribution is -2.40. The maximum atomic E-state index is 14.7. The van der Waals surface area contributed by atoms with Crippen LogP contribution in [-0.4, -0.2) is 28.3 Å². The van der Waals surface area contributed by atoms with E-state index >= 15 is 0 Å². The number of thiazole rings is 1. The van der Waals surface area contributed by atoms with Crippen molar-refractivity contribution in [3.63, 3.8) is 0 Å². The average molecular weight is 689 g/mol. The summed E-state index contributed by atoms with van der Waals surface area (Å²) in [6.07, 6.45) is 1.51. The van der Waals surface area contributed by atoms with E-state index in [0.29, 0.717) is 38.5 Å². The minimum atomic E-state index is -0.828. The lowest BCUT2D eigenvalue weighted by Gasteiger charge is -2.26. The molecule has 0 aliphatic carbocycles. The largest absolute Gasteiger partial charge is 0.496 e. The summed E-state index contributed by atoms with van der Waals surface area (Å²) in [6.45, 7) is 7.64. The van der Waals surface area contributed by atoms with Crippen LogP contribution in [-0.2, 0) is 16.1 Å². The second-order valence-corrected chi connectivity index (χ2v) is 13.0. The minimum Gasteiger partial charge on any atom is -0.496 e. The summed E-state index contributed by atoms with van der Waals surface area (Å²) in [6, 6.07) is 19.3. The van der Waals surface area contributed by atoms with Crippen molar-refractivity contribution >= 4 is 50.2 Å². The van der Waals surface area contributed by atoms with Gasteiger partial charge in [-0.1, -0.05) is 63.7 Å². The van der Waals surface area contributed by atoms with Crippen molar-refractivity contribution in [2.75, 3.05) is 7.11 Å². The number of fused-ring (bicyclic) bond motifs is 2. The minimum absolute atomic E-state index is 0.269. The van der Waals surface area contributed by atoms with Gasteiger partial charge in [-0.25, -0.2) is 14.2 Å². The van der Waals surface area contributed by atoms with Gasteiger partial charge in [0.25, 0.3) is 5.56 Å². The second-order valence-electron chi connectivity index (χ2n) is 11.1. The summed E-state index contributed by atoms with van der Waals surface area (Å²) in [5.74, 6) is -0.288. The van der Waals surface area contributed by atoms with Crippen molar-refractivity contribution in [2.45, 2.75) is 46.4 Å². The average Bonchev–Trinajstić information content (AvgIpc) is 3.45. The normalized spacial score (nSPS) is 15.0. The third-order valence-electron chi connectivity index (χ3n) is 7.91. The molecule has 2 aromatic heterocycles. The van der Waals surface area contributed by atoms with Gasteiger partial charge >= 0.3 is 5.97 Å². The SMILES string of the molecule is COc1ccc(Br)cc1[C@@H]1C(C(=O)OC(C)C)=C(C)N=c2s/c(=C\c3c(C)n(Cc4ccccc4F)c4ccccc34)c(=O)n21. The van der Waals surface area contributed by atoms with Crippen LogP contribution in [0, 0.1) is 12.7 Å². The molecule has 10 heteroatoms. The van der Waals surface area contributed by atoms with Gasteiger partial charge in [-0.2, -0.15) is 0 Å². The van der Waals surface area contributed by atoms with Gasteiger partial charge in [0.05, 0.1) is 35.6 Å². The highest BCUT2D eigenvalue weighted by Crippen LogP contribution is 2.37. The topological polar surface area (TPSA) is 74.8 Å². The molecule has 0 spiro atoms. The van der Waals surface area contributed by atoms with Gasteiger partial charge in [-0.15, -0.1) is 0 Å². The molecule has 45 heavy (non-hydrogen) atoms. The number of aromatic nitrogens is 2.